The Morgan fingerprint density at radius 2 is 2.24 bits per heavy atom. The van der Waals surface area contributed by atoms with Crippen LogP contribution in [0.15, 0.2) is 10.9 Å². The number of hydrogen-bond donors (Lipinski definition) is 2. The fourth-order valence-corrected chi connectivity index (χ4v) is 3.44. The molecule has 2 N–H and O–H groups in total. The third-order valence-corrected chi connectivity index (χ3v) is 4.81. The average molecular weight is 276 g/mol. The smallest absolute Gasteiger partial charge is 0.279 e. The van der Waals surface area contributed by atoms with E-state index in [4.69, 9.17) is 0 Å². The van der Waals surface area contributed by atoms with Crippen LogP contribution in [0, 0.1) is 0 Å². The number of thiazole rings is 1. The van der Waals surface area contributed by atoms with Crippen LogP contribution in [-0.4, -0.2) is 50.4 Å². The van der Waals surface area contributed by atoms with Crippen LogP contribution < -0.4 is 10.0 Å². The molecule has 1 fully saturated rings. The molecule has 0 aliphatic carbocycles. The standard InChI is InChI=1S/C9H16N4O2S2/c14-17(15,13-5-3-10-4-6-13)12-2-1-9-7-16-8-11-9/h7-8,10,12H,1-6H2. The van der Waals surface area contributed by atoms with Gasteiger partial charge in [0.1, 0.15) is 0 Å². The summed E-state index contributed by atoms with van der Waals surface area (Å²) in [6, 6.07) is 0. The molecule has 1 aliphatic heterocycles. The molecule has 0 spiro atoms. The SMILES string of the molecule is O=S(=O)(NCCc1cscn1)N1CCNCC1. The predicted molar refractivity (Wildman–Crippen MR) is 67.2 cm³/mol. The van der Waals surface area contributed by atoms with Crippen molar-refractivity contribution in [2.45, 2.75) is 6.42 Å². The normalized spacial score (nSPS) is 18.4. The van der Waals surface area contributed by atoms with E-state index in [1.54, 1.807) is 5.51 Å². The monoisotopic (exact) mass is 276 g/mol. The second-order valence-electron chi connectivity index (χ2n) is 3.78. The summed E-state index contributed by atoms with van der Waals surface area (Å²) in [6.07, 6.45) is 0.634. The first-order valence-electron chi connectivity index (χ1n) is 5.51. The zero-order valence-electron chi connectivity index (χ0n) is 9.42. The third kappa shape index (κ3) is 3.71. The number of rotatable bonds is 5. The molecular weight excluding hydrogens is 260 g/mol. The number of nitrogens with one attached hydrogen (secondary N) is 2. The summed E-state index contributed by atoms with van der Waals surface area (Å²) in [6.45, 7) is 2.90. The van der Waals surface area contributed by atoms with E-state index < -0.39 is 10.2 Å². The van der Waals surface area contributed by atoms with E-state index in [2.05, 4.69) is 15.0 Å². The molecule has 17 heavy (non-hydrogen) atoms. The van der Waals surface area contributed by atoms with Gasteiger partial charge in [-0.05, 0) is 0 Å². The summed E-state index contributed by atoms with van der Waals surface area (Å²) in [4.78, 5) is 4.11. The minimum Gasteiger partial charge on any atom is -0.314 e. The van der Waals surface area contributed by atoms with E-state index >= 15 is 0 Å². The van der Waals surface area contributed by atoms with Crippen molar-refractivity contribution < 1.29 is 8.42 Å². The quantitative estimate of drug-likeness (QED) is 0.755. The minimum absolute atomic E-state index is 0.399. The van der Waals surface area contributed by atoms with Gasteiger partial charge < -0.3 is 5.32 Å². The van der Waals surface area contributed by atoms with E-state index in [1.165, 1.54) is 15.6 Å². The highest BCUT2D eigenvalue weighted by atomic mass is 32.2. The maximum Gasteiger partial charge on any atom is 0.279 e. The summed E-state index contributed by atoms with van der Waals surface area (Å²) < 4.78 is 27.8. The maximum absolute atomic E-state index is 11.9. The van der Waals surface area contributed by atoms with Crippen LogP contribution in [0.2, 0.25) is 0 Å². The minimum atomic E-state index is -3.32. The Hall–Kier alpha value is -0.540. The predicted octanol–water partition coefficient (Wildman–Crippen LogP) is -0.575. The van der Waals surface area contributed by atoms with Crippen molar-refractivity contribution in [1.82, 2.24) is 19.3 Å². The lowest BCUT2D eigenvalue weighted by Crippen LogP contribution is -2.50. The first kappa shape index (κ1) is 12.9. The van der Waals surface area contributed by atoms with Crippen molar-refractivity contribution in [2.24, 2.45) is 0 Å². The van der Waals surface area contributed by atoms with Gasteiger partial charge in [-0.15, -0.1) is 11.3 Å². The molecule has 96 valence electrons. The van der Waals surface area contributed by atoms with Gasteiger partial charge in [0.25, 0.3) is 10.2 Å². The topological polar surface area (TPSA) is 74.3 Å². The Balaban J connectivity index is 1.80. The van der Waals surface area contributed by atoms with Crippen molar-refractivity contribution in [1.29, 1.82) is 0 Å². The summed E-state index contributed by atoms with van der Waals surface area (Å²) in [5.41, 5.74) is 2.68. The second kappa shape index (κ2) is 5.87. The van der Waals surface area contributed by atoms with Crippen LogP contribution >= 0.6 is 11.3 Å². The van der Waals surface area contributed by atoms with Crippen LogP contribution in [0.4, 0.5) is 0 Å². The Morgan fingerprint density at radius 1 is 1.47 bits per heavy atom. The molecule has 6 nitrogen and oxygen atoms in total. The Morgan fingerprint density at radius 3 is 2.88 bits per heavy atom. The van der Waals surface area contributed by atoms with Crippen LogP contribution in [0.25, 0.3) is 0 Å². The Kier molecular flexibility index (Phi) is 4.46. The van der Waals surface area contributed by atoms with Gasteiger partial charge in [-0.25, -0.2) is 9.71 Å². The van der Waals surface area contributed by atoms with Gasteiger partial charge in [0.05, 0.1) is 11.2 Å². The third-order valence-electron chi connectivity index (χ3n) is 2.56. The Bertz CT molecular complexity index is 426. The second-order valence-corrected chi connectivity index (χ2v) is 6.25. The van der Waals surface area contributed by atoms with Gasteiger partial charge >= 0.3 is 0 Å². The lowest BCUT2D eigenvalue weighted by atomic mass is 10.3. The van der Waals surface area contributed by atoms with Crippen LogP contribution in [0.1, 0.15) is 5.69 Å². The van der Waals surface area contributed by atoms with Crippen molar-refractivity contribution >= 4 is 21.5 Å². The molecule has 1 aliphatic rings. The van der Waals surface area contributed by atoms with E-state index in [0.29, 0.717) is 39.1 Å². The van der Waals surface area contributed by atoms with Crippen molar-refractivity contribution in [2.75, 3.05) is 32.7 Å². The molecule has 0 bridgehead atoms. The van der Waals surface area contributed by atoms with Gasteiger partial charge in [0.15, 0.2) is 0 Å². The fourth-order valence-electron chi connectivity index (χ4n) is 1.65. The lowest BCUT2D eigenvalue weighted by molar-refractivity contribution is 0.355. The van der Waals surface area contributed by atoms with Crippen LogP contribution in [0.3, 0.4) is 0 Å². The maximum atomic E-state index is 11.9. The van der Waals surface area contributed by atoms with Gasteiger partial charge in [0, 0.05) is 44.5 Å². The molecule has 0 unspecified atom stereocenters. The first-order valence-corrected chi connectivity index (χ1v) is 7.89. The number of hydrogen-bond acceptors (Lipinski definition) is 5. The number of aromatic nitrogens is 1. The number of nitrogens with zero attached hydrogens (tertiary/aromatic N) is 2. The van der Waals surface area contributed by atoms with Gasteiger partial charge in [-0.3, -0.25) is 0 Å². The van der Waals surface area contributed by atoms with Crippen molar-refractivity contribution in [3.8, 4) is 0 Å². The highest BCUT2D eigenvalue weighted by molar-refractivity contribution is 7.87. The Labute approximate surface area is 105 Å². The van der Waals surface area contributed by atoms with Crippen LogP contribution in [0.5, 0.6) is 0 Å². The molecule has 0 atom stereocenters. The first-order chi connectivity index (χ1) is 8.18. The average Bonchev–Trinajstić information content (AvgIpc) is 2.83. The molecule has 0 radical (unpaired) electrons. The van der Waals surface area contributed by atoms with E-state index in [1.807, 2.05) is 5.38 Å². The largest absolute Gasteiger partial charge is 0.314 e. The molecule has 1 aromatic rings. The van der Waals surface area contributed by atoms with E-state index in [0.717, 1.165) is 5.69 Å². The summed E-state index contributed by atoms with van der Waals surface area (Å²) in [5, 5.41) is 5.05. The van der Waals surface area contributed by atoms with Gasteiger partial charge in [-0.1, -0.05) is 0 Å². The van der Waals surface area contributed by atoms with Crippen molar-refractivity contribution in [3.05, 3.63) is 16.6 Å². The highest BCUT2D eigenvalue weighted by Crippen LogP contribution is 2.03. The zero-order valence-corrected chi connectivity index (χ0v) is 11.1. The molecule has 0 amide bonds. The van der Waals surface area contributed by atoms with E-state index in [9.17, 15) is 8.42 Å². The van der Waals surface area contributed by atoms with Gasteiger partial charge in [-0.2, -0.15) is 12.7 Å². The number of piperazine rings is 1. The molecule has 1 saturated heterocycles. The van der Waals surface area contributed by atoms with Crippen LogP contribution in [-0.2, 0) is 16.6 Å². The highest BCUT2D eigenvalue weighted by Gasteiger charge is 2.22. The zero-order chi connectivity index (χ0) is 12.1. The van der Waals surface area contributed by atoms with E-state index in [-0.39, 0.29) is 0 Å². The van der Waals surface area contributed by atoms with Gasteiger partial charge in [0.2, 0.25) is 0 Å². The molecular formula is C9H16N4O2S2. The molecule has 0 aromatic carbocycles. The molecule has 2 rings (SSSR count). The molecule has 1 aromatic heterocycles. The summed E-state index contributed by atoms with van der Waals surface area (Å²) in [7, 11) is -3.32. The molecule has 2 heterocycles. The van der Waals surface area contributed by atoms with Crippen molar-refractivity contribution in [3.63, 3.8) is 0 Å². The molecule has 8 heteroatoms. The lowest BCUT2D eigenvalue weighted by Gasteiger charge is -2.26. The summed E-state index contributed by atoms with van der Waals surface area (Å²) >= 11 is 1.52. The fraction of sp³-hybridized carbons (Fsp3) is 0.667. The summed E-state index contributed by atoms with van der Waals surface area (Å²) in [5.74, 6) is 0. The molecule has 0 saturated carbocycles.